The number of carbonyl (C=O) groups excluding carboxylic acids is 1. The van der Waals surface area contributed by atoms with Crippen LogP contribution in [0.25, 0.3) is 22.1 Å². The van der Waals surface area contributed by atoms with E-state index >= 15 is 0 Å². The molecule has 1 aromatic carbocycles. The van der Waals surface area contributed by atoms with Crippen LogP contribution in [0.3, 0.4) is 0 Å². The van der Waals surface area contributed by atoms with Crippen LogP contribution in [-0.2, 0) is 5.54 Å². The van der Waals surface area contributed by atoms with Crippen molar-refractivity contribution in [2.24, 2.45) is 17.6 Å². The molecular weight excluding hydrogens is 519 g/mol. The summed E-state index contributed by atoms with van der Waals surface area (Å²) in [6.45, 7) is 4.46. The molecule has 11 heteroatoms. The first kappa shape index (κ1) is 25.5. The monoisotopic (exact) mass is 546 g/mol. The third kappa shape index (κ3) is 4.88. The number of aliphatic hydroxyl groups excluding tert-OH is 1. The van der Waals surface area contributed by atoms with E-state index in [2.05, 4.69) is 19.9 Å². The van der Waals surface area contributed by atoms with Gasteiger partial charge in [-0.1, -0.05) is 0 Å². The van der Waals surface area contributed by atoms with E-state index in [0.717, 1.165) is 0 Å². The molecule has 2 fully saturated rings. The third-order valence-electron chi connectivity index (χ3n) is 7.34. The molecule has 6 rings (SSSR count). The van der Waals surface area contributed by atoms with Gasteiger partial charge in [0.2, 0.25) is 5.88 Å². The molecular formula is C28H27FN6O3S. The van der Waals surface area contributed by atoms with Gasteiger partial charge in [0.25, 0.3) is 5.91 Å². The first-order valence-corrected chi connectivity index (χ1v) is 13.4. The van der Waals surface area contributed by atoms with Crippen molar-refractivity contribution in [3.05, 3.63) is 76.8 Å². The van der Waals surface area contributed by atoms with Gasteiger partial charge in [0.15, 0.2) is 10.8 Å². The highest BCUT2D eigenvalue weighted by Gasteiger charge is 2.59. The quantitative estimate of drug-likeness (QED) is 0.361. The first-order chi connectivity index (χ1) is 18.7. The van der Waals surface area contributed by atoms with Crippen molar-refractivity contribution < 1.29 is 19.0 Å². The molecule has 1 aliphatic heterocycles. The maximum Gasteiger partial charge on any atom is 0.265 e. The number of rotatable bonds is 7. The minimum Gasteiger partial charge on any atom is -0.474 e. The summed E-state index contributed by atoms with van der Waals surface area (Å²) in [5.41, 5.74) is 7.94. The Balaban J connectivity index is 1.17. The lowest BCUT2D eigenvalue weighted by molar-refractivity contribution is 0.0755. The Morgan fingerprint density at radius 1 is 1.18 bits per heavy atom. The number of pyridine rings is 1. The molecule has 4 atom stereocenters. The van der Waals surface area contributed by atoms with Gasteiger partial charge in [-0.3, -0.25) is 4.79 Å². The lowest BCUT2D eigenvalue weighted by Crippen LogP contribution is -2.37. The van der Waals surface area contributed by atoms with Crippen LogP contribution in [0.2, 0.25) is 0 Å². The molecule has 0 radical (unpaired) electrons. The number of amides is 1. The number of ether oxygens (including phenoxy) is 1. The van der Waals surface area contributed by atoms with Crippen molar-refractivity contribution in [3.63, 3.8) is 0 Å². The van der Waals surface area contributed by atoms with Gasteiger partial charge in [-0.05, 0) is 55.8 Å². The molecule has 2 aliphatic rings. The molecule has 4 aromatic rings. The molecule has 3 N–H and O–H groups in total. The Kier molecular flexibility index (Phi) is 6.37. The number of benzene rings is 1. The number of nitrogens with two attached hydrogens (primary N) is 1. The predicted octanol–water partition coefficient (Wildman–Crippen LogP) is 3.43. The number of piperidine rings is 1. The average molecular weight is 547 g/mol. The van der Waals surface area contributed by atoms with Gasteiger partial charge in [-0.15, -0.1) is 11.3 Å². The van der Waals surface area contributed by atoms with Gasteiger partial charge in [0.1, 0.15) is 16.8 Å². The Labute approximate surface area is 228 Å². The maximum absolute atomic E-state index is 13.5. The van der Waals surface area contributed by atoms with E-state index in [1.165, 1.54) is 23.5 Å². The summed E-state index contributed by atoms with van der Waals surface area (Å²) in [7, 11) is 0. The van der Waals surface area contributed by atoms with E-state index in [1.54, 1.807) is 49.6 Å². The van der Waals surface area contributed by atoms with Crippen LogP contribution < -0.4 is 10.5 Å². The lowest BCUT2D eigenvalue weighted by Gasteiger charge is -2.24. The number of fused-ring (bicyclic) bond motifs is 1. The minimum atomic E-state index is -1.01. The van der Waals surface area contributed by atoms with E-state index in [4.69, 9.17) is 10.5 Å². The second-order valence-electron chi connectivity index (χ2n) is 10.3. The maximum atomic E-state index is 13.5. The first-order valence-electron chi connectivity index (χ1n) is 12.6. The van der Waals surface area contributed by atoms with Crippen LogP contribution in [0.4, 0.5) is 4.39 Å². The van der Waals surface area contributed by atoms with Crippen LogP contribution in [-0.4, -0.2) is 61.6 Å². The number of hydrogen-bond donors (Lipinski definition) is 2. The number of aromatic nitrogens is 4. The summed E-state index contributed by atoms with van der Waals surface area (Å²) in [6.07, 6.45) is 3.23. The molecule has 1 saturated heterocycles. The molecule has 1 aliphatic carbocycles. The van der Waals surface area contributed by atoms with Crippen molar-refractivity contribution in [2.45, 2.75) is 25.5 Å². The highest BCUT2D eigenvalue weighted by Crippen LogP contribution is 2.48. The summed E-state index contributed by atoms with van der Waals surface area (Å²) in [5.74, 6) is 0.904. The number of aryl methyl sites for hydroxylation is 1. The van der Waals surface area contributed by atoms with Gasteiger partial charge < -0.3 is 20.5 Å². The van der Waals surface area contributed by atoms with E-state index in [1.807, 2.05) is 11.8 Å². The number of nitrogens with zero attached hydrogens (tertiary/aromatic N) is 5. The molecule has 1 saturated carbocycles. The second-order valence-corrected chi connectivity index (χ2v) is 11.3. The van der Waals surface area contributed by atoms with Gasteiger partial charge in [-0.25, -0.2) is 24.3 Å². The van der Waals surface area contributed by atoms with Crippen molar-refractivity contribution >= 4 is 17.2 Å². The number of halogens is 1. The number of likely N-dealkylation sites (tertiary alicyclic amines) is 1. The summed E-state index contributed by atoms with van der Waals surface area (Å²) in [6, 6.07) is 11.3. The Hall–Kier alpha value is -3.80. The number of aliphatic hydroxyl groups is 1. The zero-order valence-corrected chi connectivity index (χ0v) is 22.2. The van der Waals surface area contributed by atoms with Crippen LogP contribution in [0, 0.1) is 24.6 Å². The zero-order valence-electron chi connectivity index (χ0n) is 21.4. The molecule has 0 bridgehead atoms. The van der Waals surface area contributed by atoms with Gasteiger partial charge in [-0.2, -0.15) is 0 Å². The SMILES string of the molecule is Cc1nc(-c2ncccn2)sc1C(=O)N1C[C@@H]2C(Oc3cc(C(C)(N)CO)cc(-c4ccc(F)cc4)n3)[C@@H]2C1. The lowest BCUT2D eigenvalue weighted by atomic mass is 9.93. The summed E-state index contributed by atoms with van der Waals surface area (Å²) >= 11 is 1.31. The standard InChI is InChI=1S/C28H27FN6O3S/c1-15-24(39-26(33-15)25-31-8-3-9-32-25)27(37)35-12-19-20(13-35)23(19)38-22-11-17(28(2,30)14-36)10-21(34-22)16-4-6-18(29)7-5-16/h3-11,19-20,23,36H,12-14,30H2,1-2H3/t19-,20+,23?,28?. The molecule has 9 nitrogen and oxygen atoms in total. The van der Waals surface area contributed by atoms with Gasteiger partial charge in [0.05, 0.1) is 23.5 Å². The summed E-state index contributed by atoms with van der Waals surface area (Å²) in [5, 5.41) is 10.5. The molecule has 2 unspecified atom stereocenters. The summed E-state index contributed by atoms with van der Waals surface area (Å²) < 4.78 is 19.8. The van der Waals surface area contributed by atoms with Crippen LogP contribution >= 0.6 is 11.3 Å². The number of carbonyl (C=O) groups is 1. The highest BCUT2D eigenvalue weighted by atomic mass is 32.1. The Morgan fingerprint density at radius 3 is 2.54 bits per heavy atom. The van der Waals surface area contributed by atoms with Crippen molar-refractivity contribution in [1.82, 2.24) is 24.8 Å². The fraction of sp³-hybridized carbons (Fsp3) is 0.321. The van der Waals surface area contributed by atoms with Crippen LogP contribution in [0.1, 0.15) is 27.9 Å². The molecule has 39 heavy (non-hydrogen) atoms. The van der Waals surface area contributed by atoms with E-state index in [0.29, 0.717) is 57.2 Å². The molecule has 200 valence electrons. The number of thiazole rings is 1. The highest BCUT2D eigenvalue weighted by molar-refractivity contribution is 7.17. The van der Waals surface area contributed by atoms with Gasteiger partial charge >= 0.3 is 0 Å². The average Bonchev–Trinajstić information content (AvgIpc) is 3.25. The Bertz CT molecular complexity index is 1520. The third-order valence-corrected chi connectivity index (χ3v) is 8.48. The molecule has 3 aromatic heterocycles. The zero-order chi connectivity index (χ0) is 27.3. The molecule has 4 heterocycles. The summed E-state index contributed by atoms with van der Waals surface area (Å²) in [4.78, 5) is 33.4. The Morgan fingerprint density at radius 2 is 1.87 bits per heavy atom. The second kappa shape index (κ2) is 9.74. The number of hydrogen-bond acceptors (Lipinski definition) is 9. The van der Waals surface area contributed by atoms with E-state index < -0.39 is 5.54 Å². The van der Waals surface area contributed by atoms with Crippen molar-refractivity contribution in [3.8, 4) is 28.0 Å². The topological polar surface area (TPSA) is 127 Å². The largest absolute Gasteiger partial charge is 0.474 e. The van der Waals surface area contributed by atoms with Gasteiger partial charge in [0, 0.05) is 48.9 Å². The van der Waals surface area contributed by atoms with E-state index in [-0.39, 0.29) is 36.3 Å². The van der Waals surface area contributed by atoms with Crippen molar-refractivity contribution in [2.75, 3.05) is 19.7 Å². The van der Waals surface area contributed by atoms with Crippen LogP contribution in [0.5, 0.6) is 5.88 Å². The molecule has 0 spiro atoms. The fourth-order valence-electron chi connectivity index (χ4n) is 4.95. The smallest absolute Gasteiger partial charge is 0.265 e. The minimum absolute atomic E-state index is 0.0429. The van der Waals surface area contributed by atoms with Crippen molar-refractivity contribution in [1.29, 1.82) is 0 Å². The fourth-order valence-corrected chi connectivity index (χ4v) is 5.93. The van der Waals surface area contributed by atoms with Crippen LogP contribution in [0.15, 0.2) is 54.9 Å². The molecule has 1 amide bonds. The predicted molar refractivity (Wildman–Crippen MR) is 143 cm³/mol. The normalized spacial score (nSPS) is 21.4. The van der Waals surface area contributed by atoms with E-state index in [9.17, 15) is 14.3 Å².